The highest BCUT2D eigenvalue weighted by Crippen LogP contribution is 2.69. The average molecular weight is 510 g/mol. The van der Waals surface area contributed by atoms with Gasteiger partial charge in [0, 0.05) is 41.2 Å². The number of aliphatic hydroxyl groups is 1. The van der Waals surface area contributed by atoms with E-state index in [9.17, 15) is 23.4 Å². The molecule has 2 fully saturated rings. The number of aromatic hydroxyl groups is 1. The molecule has 1 aromatic heterocycles. The molecule has 9 heteroatoms. The van der Waals surface area contributed by atoms with Crippen molar-refractivity contribution < 1.29 is 28.1 Å². The van der Waals surface area contributed by atoms with Crippen molar-refractivity contribution in [2.75, 3.05) is 18.8 Å². The molecule has 37 heavy (non-hydrogen) atoms. The Morgan fingerprint density at radius 1 is 1.19 bits per heavy atom. The van der Waals surface area contributed by atoms with Crippen LogP contribution in [0.15, 0.2) is 30.3 Å². The zero-order chi connectivity index (χ0) is 25.5. The molecule has 4 N–H and O–H groups in total. The Morgan fingerprint density at radius 2 is 2.00 bits per heavy atom. The molecule has 3 aromatic rings. The van der Waals surface area contributed by atoms with Crippen LogP contribution in [0, 0.1) is 5.92 Å². The first-order valence-corrected chi connectivity index (χ1v) is 12.9. The Balaban J connectivity index is 1.39. The molecule has 2 unspecified atom stereocenters. The molecule has 6 nitrogen and oxygen atoms in total. The van der Waals surface area contributed by atoms with Gasteiger partial charge in [-0.3, -0.25) is 4.90 Å². The number of pyridine rings is 1. The minimum Gasteiger partial charge on any atom is -0.504 e. The topological polar surface area (TPSA) is 91.8 Å². The number of ether oxygens (including phenoxy) is 1. The Bertz CT molecular complexity index is 1520. The second kappa shape index (κ2) is 6.69. The van der Waals surface area contributed by atoms with Gasteiger partial charge in [0.2, 0.25) is 0 Å². The van der Waals surface area contributed by atoms with Crippen molar-refractivity contribution >= 4 is 16.6 Å². The molecule has 8 rings (SSSR count). The maximum absolute atomic E-state index is 13.5. The van der Waals surface area contributed by atoms with E-state index in [1.807, 2.05) is 6.07 Å². The third-order valence-electron chi connectivity index (χ3n) is 9.70. The fourth-order valence-electron chi connectivity index (χ4n) is 7.85. The van der Waals surface area contributed by atoms with Gasteiger partial charge in [-0.2, -0.15) is 13.2 Å². The molecule has 3 heterocycles. The summed E-state index contributed by atoms with van der Waals surface area (Å²) >= 11 is 0. The number of nitrogens with two attached hydrogens (primary N) is 1. The number of nitrogens with zero attached hydrogens (tertiary/aromatic N) is 2. The van der Waals surface area contributed by atoms with Gasteiger partial charge in [0.05, 0.1) is 27.8 Å². The summed E-state index contributed by atoms with van der Waals surface area (Å²) < 4.78 is 47.0. The lowest BCUT2D eigenvalue weighted by Crippen LogP contribution is -2.74. The van der Waals surface area contributed by atoms with Crippen LogP contribution in [0.25, 0.3) is 10.9 Å². The Kier molecular flexibility index (Phi) is 3.97. The van der Waals surface area contributed by atoms with E-state index in [0.717, 1.165) is 36.3 Å². The van der Waals surface area contributed by atoms with E-state index >= 15 is 0 Å². The molecular weight excluding hydrogens is 483 g/mol. The number of piperidine rings is 1. The Labute approximate surface area is 210 Å². The zero-order valence-electron chi connectivity index (χ0n) is 20.0. The quantitative estimate of drug-likeness (QED) is 0.479. The van der Waals surface area contributed by atoms with Crippen LogP contribution in [0.2, 0.25) is 0 Å². The molecule has 5 aliphatic rings. The van der Waals surface area contributed by atoms with E-state index in [0.29, 0.717) is 46.8 Å². The molecule has 1 saturated heterocycles. The molecule has 0 amide bonds. The third kappa shape index (κ3) is 2.61. The number of hydrogen-bond donors (Lipinski definition) is 3. The standard InChI is InChI=1S/C28H26F3N3O3/c29-28(30,31)15-4-5-16-18(10-15)33-23-17(22(16)32)11-27(36)20-9-14-3-6-19(35)24-21(14)26(27,25(23)37-24)7-8-34(20)12-13-1-2-13/h3-6,10,13,20,25,35-36H,1-2,7-9,11-12H2,(H2,32,33)/t20-,25?,26+,27?/m1/s1. The van der Waals surface area contributed by atoms with Gasteiger partial charge >= 0.3 is 6.18 Å². The number of nitrogen functional groups attached to an aromatic ring is 1. The molecular formula is C28H26F3N3O3. The molecule has 2 bridgehead atoms. The van der Waals surface area contributed by atoms with Crippen LogP contribution >= 0.6 is 0 Å². The van der Waals surface area contributed by atoms with Gasteiger partial charge in [-0.05, 0) is 61.9 Å². The number of aromatic nitrogens is 1. The molecule has 2 aromatic carbocycles. The number of phenolic OH excluding ortho intramolecular Hbond substituents is 1. The van der Waals surface area contributed by atoms with Crippen LogP contribution in [0.3, 0.4) is 0 Å². The molecule has 4 atom stereocenters. The molecule has 3 aliphatic carbocycles. The van der Waals surface area contributed by atoms with E-state index in [4.69, 9.17) is 15.5 Å². The monoisotopic (exact) mass is 509 g/mol. The van der Waals surface area contributed by atoms with Crippen LogP contribution in [0.5, 0.6) is 11.5 Å². The number of alkyl halides is 3. The Morgan fingerprint density at radius 3 is 2.76 bits per heavy atom. The van der Waals surface area contributed by atoms with Crippen molar-refractivity contribution in [1.29, 1.82) is 0 Å². The summed E-state index contributed by atoms with van der Waals surface area (Å²) in [6.07, 6.45) is -1.38. The highest BCUT2D eigenvalue weighted by atomic mass is 19.4. The van der Waals surface area contributed by atoms with Crippen molar-refractivity contribution in [3.63, 3.8) is 0 Å². The van der Waals surface area contributed by atoms with Gasteiger partial charge in [-0.15, -0.1) is 0 Å². The predicted octanol–water partition coefficient (Wildman–Crippen LogP) is 4.24. The van der Waals surface area contributed by atoms with Crippen molar-refractivity contribution in [3.05, 3.63) is 58.3 Å². The number of anilines is 1. The number of benzene rings is 2. The fraction of sp³-hybridized carbons (Fsp3) is 0.464. The van der Waals surface area contributed by atoms with Crippen molar-refractivity contribution in [3.8, 4) is 11.5 Å². The van der Waals surface area contributed by atoms with Gasteiger partial charge in [0.15, 0.2) is 17.6 Å². The lowest BCUT2D eigenvalue weighted by molar-refractivity contribution is -0.173. The Hall–Kier alpha value is -3.04. The van der Waals surface area contributed by atoms with E-state index < -0.39 is 28.9 Å². The van der Waals surface area contributed by atoms with E-state index in [2.05, 4.69) is 4.90 Å². The van der Waals surface area contributed by atoms with Crippen molar-refractivity contribution in [1.82, 2.24) is 9.88 Å². The normalized spacial score (nSPS) is 31.7. The second-order valence-corrected chi connectivity index (χ2v) is 11.5. The summed E-state index contributed by atoms with van der Waals surface area (Å²) in [5.41, 5.74) is 7.20. The van der Waals surface area contributed by atoms with E-state index in [1.54, 1.807) is 6.07 Å². The van der Waals surface area contributed by atoms with Crippen LogP contribution in [0.4, 0.5) is 18.9 Å². The minimum atomic E-state index is -4.51. The van der Waals surface area contributed by atoms with Gasteiger partial charge in [0.25, 0.3) is 0 Å². The van der Waals surface area contributed by atoms with Crippen LogP contribution in [-0.2, 0) is 24.4 Å². The van der Waals surface area contributed by atoms with E-state index in [1.165, 1.54) is 18.9 Å². The zero-order valence-corrected chi connectivity index (χ0v) is 20.0. The summed E-state index contributed by atoms with van der Waals surface area (Å²) in [7, 11) is 0. The lowest BCUT2D eigenvalue weighted by atomic mass is 9.48. The van der Waals surface area contributed by atoms with Gasteiger partial charge in [0.1, 0.15) is 0 Å². The number of halogens is 3. The molecule has 192 valence electrons. The minimum absolute atomic E-state index is 0.00148. The molecule has 2 aliphatic heterocycles. The van der Waals surface area contributed by atoms with E-state index in [-0.39, 0.29) is 23.7 Å². The number of rotatable bonds is 2. The smallest absolute Gasteiger partial charge is 0.416 e. The number of fused-ring (bicyclic) bond motifs is 3. The fourth-order valence-corrected chi connectivity index (χ4v) is 7.85. The maximum atomic E-state index is 13.5. The predicted molar refractivity (Wildman–Crippen MR) is 129 cm³/mol. The highest BCUT2D eigenvalue weighted by molar-refractivity contribution is 5.93. The van der Waals surface area contributed by atoms with Crippen LogP contribution in [0.1, 0.15) is 53.3 Å². The molecule has 1 saturated carbocycles. The first-order chi connectivity index (χ1) is 17.6. The molecule has 1 spiro atoms. The largest absolute Gasteiger partial charge is 0.504 e. The highest BCUT2D eigenvalue weighted by Gasteiger charge is 2.73. The van der Waals surface area contributed by atoms with Gasteiger partial charge < -0.3 is 20.7 Å². The second-order valence-electron chi connectivity index (χ2n) is 11.5. The van der Waals surface area contributed by atoms with Gasteiger partial charge in [-0.1, -0.05) is 12.1 Å². The summed E-state index contributed by atoms with van der Waals surface area (Å²) in [5.74, 6) is 1.00. The maximum Gasteiger partial charge on any atom is 0.416 e. The summed E-state index contributed by atoms with van der Waals surface area (Å²) in [4.78, 5) is 7.15. The summed E-state index contributed by atoms with van der Waals surface area (Å²) in [6, 6.07) is 6.80. The first-order valence-electron chi connectivity index (χ1n) is 12.9. The average Bonchev–Trinajstić information content (AvgIpc) is 3.59. The lowest BCUT2D eigenvalue weighted by Gasteiger charge is -2.63. The van der Waals surface area contributed by atoms with Crippen LogP contribution < -0.4 is 10.5 Å². The van der Waals surface area contributed by atoms with Crippen molar-refractivity contribution in [2.24, 2.45) is 5.92 Å². The summed E-state index contributed by atoms with van der Waals surface area (Å²) in [6.45, 7) is 1.71. The number of hydrogen-bond acceptors (Lipinski definition) is 6. The SMILES string of the molecule is Nc1c2c(nc3cc(C(F)(F)F)ccc13)C1Oc3c(O)ccc4c3[C@@]13CCN(CC1CC1)[C@H](C4)C3(O)C2. The van der Waals surface area contributed by atoms with Gasteiger partial charge in [-0.25, -0.2) is 4.98 Å². The number of likely N-dealkylation sites (tertiary alicyclic amines) is 1. The number of phenols is 1. The van der Waals surface area contributed by atoms with Crippen LogP contribution in [-0.4, -0.2) is 44.8 Å². The first kappa shape index (κ1) is 22.0. The molecule has 0 radical (unpaired) electrons. The summed E-state index contributed by atoms with van der Waals surface area (Å²) in [5, 5.41) is 24.0. The van der Waals surface area contributed by atoms with Crippen molar-refractivity contribution in [2.45, 2.75) is 61.4 Å². The third-order valence-corrected chi connectivity index (χ3v) is 9.70.